The summed E-state index contributed by atoms with van der Waals surface area (Å²) in [4.78, 5) is 7.36. The second-order valence-electron chi connectivity index (χ2n) is 4.16. The van der Waals surface area contributed by atoms with Crippen LogP contribution in [0.3, 0.4) is 0 Å². The van der Waals surface area contributed by atoms with Crippen molar-refractivity contribution in [3.05, 3.63) is 30.2 Å². The lowest BCUT2D eigenvalue weighted by atomic mass is 10.1. The third-order valence-electron chi connectivity index (χ3n) is 2.88. The molecule has 1 aliphatic heterocycles. The van der Waals surface area contributed by atoms with Crippen LogP contribution in [0.5, 0.6) is 11.5 Å². The number of hydrogen-bond acceptors (Lipinski definition) is 4. The standard InChI is InChI=1S/C13H15N3O2/c14-7-13-15-8-10(16-13)9-2-3-11-12(6-9)18-5-1-4-17-11/h2-3,6,8H,1,4-5,7,14H2,(H,15,16). The fourth-order valence-corrected chi connectivity index (χ4v) is 1.94. The van der Waals surface area contributed by atoms with E-state index in [4.69, 9.17) is 15.2 Å². The predicted molar refractivity (Wildman–Crippen MR) is 67.5 cm³/mol. The lowest BCUT2D eigenvalue weighted by Gasteiger charge is -2.08. The van der Waals surface area contributed by atoms with Crippen LogP contribution < -0.4 is 15.2 Å². The van der Waals surface area contributed by atoms with Gasteiger partial charge in [-0.25, -0.2) is 4.98 Å². The van der Waals surface area contributed by atoms with E-state index in [0.29, 0.717) is 19.8 Å². The van der Waals surface area contributed by atoms with Crippen LogP contribution in [0.1, 0.15) is 12.2 Å². The molecule has 0 aliphatic carbocycles. The molecule has 1 aliphatic rings. The van der Waals surface area contributed by atoms with E-state index in [1.807, 2.05) is 18.2 Å². The first-order chi connectivity index (χ1) is 8.86. The van der Waals surface area contributed by atoms with Crippen molar-refractivity contribution in [1.82, 2.24) is 9.97 Å². The van der Waals surface area contributed by atoms with Crippen LogP contribution in [0.2, 0.25) is 0 Å². The van der Waals surface area contributed by atoms with Gasteiger partial charge in [-0.1, -0.05) is 0 Å². The highest BCUT2D eigenvalue weighted by molar-refractivity contribution is 5.63. The minimum atomic E-state index is 0.407. The van der Waals surface area contributed by atoms with Gasteiger partial charge in [-0.3, -0.25) is 0 Å². The first-order valence-electron chi connectivity index (χ1n) is 6.01. The molecule has 18 heavy (non-hydrogen) atoms. The van der Waals surface area contributed by atoms with E-state index < -0.39 is 0 Å². The average molecular weight is 245 g/mol. The van der Waals surface area contributed by atoms with Crippen molar-refractivity contribution in [2.45, 2.75) is 13.0 Å². The SMILES string of the molecule is NCc1ncc(-c2ccc3c(c2)OCCCO3)[nH]1. The molecular formula is C13H15N3O2. The van der Waals surface area contributed by atoms with Crippen LogP contribution in [0.25, 0.3) is 11.3 Å². The lowest BCUT2D eigenvalue weighted by Crippen LogP contribution is -1.97. The quantitative estimate of drug-likeness (QED) is 0.844. The monoisotopic (exact) mass is 245 g/mol. The minimum Gasteiger partial charge on any atom is -0.490 e. The van der Waals surface area contributed by atoms with Gasteiger partial charge in [-0.05, 0) is 18.2 Å². The second-order valence-corrected chi connectivity index (χ2v) is 4.16. The Morgan fingerprint density at radius 3 is 2.83 bits per heavy atom. The Morgan fingerprint density at radius 2 is 2.06 bits per heavy atom. The number of nitrogens with one attached hydrogen (secondary N) is 1. The van der Waals surface area contributed by atoms with Gasteiger partial charge >= 0.3 is 0 Å². The van der Waals surface area contributed by atoms with Crippen LogP contribution in [-0.2, 0) is 6.54 Å². The number of hydrogen-bond donors (Lipinski definition) is 2. The first kappa shape index (κ1) is 11.1. The molecule has 0 atom stereocenters. The maximum Gasteiger partial charge on any atom is 0.161 e. The Hall–Kier alpha value is -2.01. The van der Waals surface area contributed by atoms with E-state index in [1.54, 1.807) is 6.20 Å². The van der Waals surface area contributed by atoms with Crippen LogP contribution >= 0.6 is 0 Å². The van der Waals surface area contributed by atoms with Gasteiger partial charge in [-0.2, -0.15) is 0 Å². The van der Waals surface area contributed by atoms with E-state index in [0.717, 1.165) is 35.0 Å². The topological polar surface area (TPSA) is 73.2 Å². The van der Waals surface area contributed by atoms with Crippen molar-refractivity contribution in [2.24, 2.45) is 5.73 Å². The summed E-state index contributed by atoms with van der Waals surface area (Å²) in [5.74, 6) is 2.36. The Labute approximate surface area is 105 Å². The fourth-order valence-electron chi connectivity index (χ4n) is 1.94. The normalized spacial score (nSPS) is 14.3. The number of nitrogens with two attached hydrogens (primary N) is 1. The third kappa shape index (κ3) is 2.04. The zero-order valence-corrected chi connectivity index (χ0v) is 9.98. The number of aromatic amines is 1. The van der Waals surface area contributed by atoms with Crippen LogP contribution in [0.15, 0.2) is 24.4 Å². The van der Waals surface area contributed by atoms with Gasteiger partial charge in [0.1, 0.15) is 5.82 Å². The Kier molecular flexibility index (Phi) is 2.90. The summed E-state index contributed by atoms with van der Waals surface area (Å²) >= 11 is 0. The molecule has 2 heterocycles. The molecule has 2 aromatic rings. The molecule has 0 radical (unpaired) electrons. The number of rotatable bonds is 2. The molecule has 5 nitrogen and oxygen atoms in total. The Balaban J connectivity index is 1.95. The van der Waals surface area contributed by atoms with Crippen molar-refractivity contribution in [2.75, 3.05) is 13.2 Å². The molecule has 1 aromatic heterocycles. The second kappa shape index (κ2) is 4.70. The van der Waals surface area contributed by atoms with E-state index in [9.17, 15) is 0 Å². The highest BCUT2D eigenvalue weighted by atomic mass is 16.5. The number of ether oxygens (including phenoxy) is 2. The van der Waals surface area contributed by atoms with E-state index >= 15 is 0 Å². The maximum absolute atomic E-state index is 5.66. The summed E-state index contributed by atoms with van der Waals surface area (Å²) in [7, 11) is 0. The summed E-state index contributed by atoms with van der Waals surface area (Å²) in [6.45, 7) is 1.80. The van der Waals surface area contributed by atoms with Gasteiger partial charge in [-0.15, -0.1) is 0 Å². The largest absolute Gasteiger partial charge is 0.490 e. The van der Waals surface area contributed by atoms with Crippen LogP contribution in [0, 0.1) is 0 Å². The van der Waals surface area contributed by atoms with Crippen molar-refractivity contribution < 1.29 is 9.47 Å². The molecule has 0 bridgehead atoms. The summed E-state index contributed by atoms with van der Waals surface area (Å²) < 4.78 is 11.3. The number of fused-ring (bicyclic) bond motifs is 1. The fraction of sp³-hybridized carbons (Fsp3) is 0.308. The molecule has 0 saturated heterocycles. The van der Waals surface area contributed by atoms with Gasteiger partial charge in [0.15, 0.2) is 11.5 Å². The van der Waals surface area contributed by atoms with Crippen LogP contribution in [0.4, 0.5) is 0 Å². The molecule has 5 heteroatoms. The maximum atomic E-state index is 5.66. The number of imidazole rings is 1. The minimum absolute atomic E-state index is 0.407. The van der Waals surface area contributed by atoms with E-state index in [-0.39, 0.29) is 0 Å². The Morgan fingerprint density at radius 1 is 1.22 bits per heavy atom. The van der Waals surface area contributed by atoms with Gasteiger partial charge in [0.05, 0.1) is 31.6 Å². The number of nitrogens with zero attached hydrogens (tertiary/aromatic N) is 1. The van der Waals surface area contributed by atoms with E-state index in [2.05, 4.69) is 9.97 Å². The lowest BCUT2D eigenvalue weighted by molar-refractivity contribution is 0.297. The van der Waals surface area contributed by atoms with Crippen molar-refractivity contribution in [3.63, 3.8) is 0 Å². The summed E-state index contributed by atoms with van der Waals surface area (Å²) in [5, 5.41) is 0. The molecule has 0 spiro atoms. The van der Waals surface area contributed by atoms with E-state index in [1.165, 1.54) is 0 Å². The van der Waals surface area contributed by atoms with Crippen molar-refractivity contribution >= 4 is 0 Å². The Bertz CT molecular complexity index is 551. The number of aromatic nitrogens is 2. The smallest absolute Gasteiger partial charge is 0.161 e. The molecule has 0 fully saturated rings. The molecular weight excluding hydrogens is 230 g/mol. The van der Waals surface area contributed by atoms with Gasteiger partial charge in [0, 0.05) is 12.0 Å². The highest BCUT2D eigenvalue weighted by Crippen LogP contribution is 2.33. The zero-order valence-electron chi connectivity index (χ0n) is 9.98. The predicted octanol–water partition coefficient (Wildman–Crippen LogP) is 1.70. The van der Waals surface area contributed by atoms with Crippen LogP contribution in [-0.4, -0.2) is 23.2 Å². The average Bonchev–Trinajstić information content (AvgIpc) is 2.76. The van der Waals surface area contributed by atoms with Crippen molar-refractivity contribution in [1.29, 1.82) is 0 Å². The third-order valence-corrected chi connectivity index (χ3v) is 2.88. The molecule has 1 aromatic carbocycles. The van der Waals surface area contributed by atoms with Gasteiger partial charge in [0.25, 0.3) is 0 Å². The van der Waals surface area contributed by atoms with Gasteiger partial charge < -0.3 is 20.2 Å². The van der Waals surface area contributed by atoms with Gasteiger partial charge in [0.2, 0.25) is 0 Å². The zero-order chi connectivity index (χ0) is 12.4. The highest BCUT2D eigenvalue weighted by Gasteiger charge is 2.12. The molecule has 0 amide bonds. The molecule has 0 unspecified atom stereocenters. The summed E-state index contributed by atoms with van der Waals surface area (Å²) in [6, 6.07) is 5.88. The number of H-pyrrole nitrogens is 1. The first-order valence-corrected chi connectivity index (χ1v) is 6.01. The van der Waals surface area contributed by atoms with Crippen molar-refractivity contribution in [3.8, 4) is 22.8 Å². The summed E-state index contributed by atoms with van der Waals surface area (Å²) in [6.07, 6.45) is 2.69. The molecule has 94 valence electrons. The molecule has 0 saturated carbocycles. The number of benzene rings is 1. The summed E-state index contributed by atoms with van der Waals surface area (Å²) in [5.41, 5.74) is 7.49. The molecule has 3 N–H and O–H groups in total. The molecule has 3 rings (SSSR count).